The number of nitrogens with zero attached hydrogens (tertiary/aromatic N) is 3. The van der Waals surface area contributed by atoms with Gasteiger partial charge >= 0.3 is 0 Å². The summed E-state index contributed by atoms with van der Waals surface area (Å²) in [7, 11) is 1.54. The van der Waals surface area contributed by atoms with Crippen LogP contribution in [0.3, 0.4) is 0 Å². The normalized spacial score (nSPS) is 14.8. The fraction of sp³-hybridized carbons (Fsp3) is 0.304. The number of benzene rings is 2. The first-order valence-corrected chi connectivity index (χ1v) is 11.1. The number of hydrogen-bond donors (Lipinski definition) is 1. The summed E-state index contributed by atoms with van der Waals surface area (Å²) >= 11 is 1.17. The number of ether oxygens (including phenoxy) is 1. The van der Waals surface area contributed by atoms with Crippen molar-refractivity contribution in [3.8, 4) is 17.5 Å². The third-order valence-corrected chi connectivity index (χ3v) is 6.39. The van der Waals surface area contributed by atoms with Gasteiger partial charge in [-0.1, -0.05) is 36.0 Å². The lowest BCUT2D eigenvalue weighted by molar-refractivity contribution is -0.119. The van der Waals surface area contributed by atoms with Crippen molar-refractivity contribution in [3.63, 3.8) is 0 Å². The van der Waals surface area contributed by atoms with Crippen LogP contribution in [0.2, 0.25) is 0 Å². The van der Waals surface area contributed by atoms with E-state index in [4.69, 9.17) is 4.74 Å². The molecule has 0 radical (unpaired) electrons. The Morgan fingerprint density at radius 3 is 2.68 bits per heavy atom. The molecule has 7 nitrogen and oxygen atoms in total. The molecule has 0 spiro atoms. The molecule has 1 saturated carbocycles. The Bertz CT molecular complexity index is 1230. The van der Waals surface area contributed by atoms with Gasteiger partial charge < -0.3 is 10.1 Å². The lowest BCUT2D eigenvalue weighted by atomic mass is 10.0. The van der Waals surface area contributed by atoms with Gasteiger partial charge in [0.15, 0.2) is 5.16 Å². The second-order valence-corrected chi connectivity index (χ2v) is 8.40. The quantitative estimate of drug-likeness (QED) is 0.472. The Balaban J connectivity index is 1.71. The molecule has 2 aromatic carbocycles. The molecule has 1 N–H and O–H groups in total. The van der Waals surface area contributed by atoms with Gasteiger partial charge in [-0.2, -0.15) is 5.26 Å². The van der Waals surface area contributed by atoms with Gasteiger partial charge in [0.2, 0.25) is 5.91 Å². The van der Waals surface area contributed by atoms with Crippen LogP contribution >= 0.6 is 11.8 Å². The molecule has 0 unspecified atom stereocenters. The van der Waals surface area contributed by atoms with Crippen LogP contribution in [0.15, 0.2) is 58.5 Å². The van der Waals surface area contributed by atoms with E-state index in [0.717, 1.165) is 12.8 Å². The fourth-order valence-electron chi connectivity index (χ4n) is 3.91. The molecule has 1 fully saturated rings. The van der Waals surface area contributed by atoms with Crippen LogP contribution < -0.4 is 15.6 Å². The van der Waals surface area contributed by atoms with Crippen LogP contribution in [-0.4, -0.2) is 33.9 Å². The number of para-hydroxylation sites is 3. The third kappa shape index (κ3) is 4.14. The van der Waals surface area contributed by atoms with E-state index >= 15 is 0 Å². The van der Waals surface area contributed by atoms with Crippen LogP contribution in [-0.2, 0) is 4.79 Å². The zero-order valence-corrected chi connectivity index (χ0v) is 17.9. The fourth-order valence-corrected chi connectivity index (χ4v) is 4.72. The van der Waals surface area contributed by atoms with E-state index in [9.17, 15) is 14.9 Å². The minimum absolute atomic E-state index is 0.0450. The largest absolute Gasteiger partial charge is 0.495 e. The molecule has 0 aliphatic heterocycles. The molecule has 31 heavy (non-hydrogen) atoms. The number of amides is 1. The van der Waals surface area contributed by atoms with E-state index < -0.39 is 5.54 Å². The van der Waals surface area contributed by atoms with Crippen molar-refractivity contribution in [1.82, 2.24) is 14.9 Å². The van der Waals surface area contributed by atoms with Crippen LogP contribution in [0.25, 0.3) is 16.6 Å². The van der Waals surface area contributed by atoms with Crippen molar-refractivity contribution in [2.45, 2.75) is 36.4 Å². The zero-order valence-electron chi connectivity index (χ0n) is 17.1. The highest BCUT2D eigenvalue weighted by molar-refractivity contribution is 7.99. The summed E-state index contributed by atoms with van der Waals surface area (Å²) < 4.78 is 6.93. The predicted molar refractivity (Wildman–Crippen MR) is 120 cm³/mol. The van der Waals surface area contributed by atoms with Gasteiger partial charge in [-0.15, -0.1) is 0 Å². The molecule has 0 bridgehead atoms. The van der Waals surface area contributed by atoms with Gasteiger partial charge in [0, 0.05) is 0 Å². The molecule has 0 atom stereocenters. The van der Waals surface area contributed by atoms with Crippen LogP contribution in [0.4, 0.5) is 0 Å². The van der Waals surface area contributed by atoms with Crippen molar-refractivity contribution < 1.29 is 9.53 Å². The number of thioether (sulfide) groups is 1. The summed E-state index contributed by atoms with van der Waals surface area (Å²) in [5, 5.41) is 13.3. The van der Waals surface area contributed by atoms with Crippen molar-refractivity contribution in [2.75, 3.05) is 12.9 Å². The van der Waals surface area contributed by atoms with Crippen LogP contribution in [0, 0.1) is 11.3 Å². The zero-order chi connectivity index (χ0) is 21.8. The van der Waals surface area contributed by atoms with E-state index in [1.54, 1.807) is 37.4 Å². The Morgan fingerprint density at radius 2 is 1.94 bits per heavy atom. The van der Waals surface area contributed by atoms with Gasteiger partial charge in [0.25, 0.3) is 5.56 Å². The van der Waals surface area contributed by atoms with Crippen LogP contribution in [0.5, 0.6) is 5.75 Å². The summed E-state index contributed by atoms with van der Waals surface area (Å²) in [6, 6.07) is 16.6. The molecule has 1 aliphatic rings. The van der Waals surface area contributed by atoms with E-state index in [0.29, 0.717) is 40.3 Å². The maximum absolute atomic E-state index is 13.3. The second kappa shape index (κ2) is 8.82. The highest BCUT2D eigenvalue weighted by Gasteiger charge is 2.35. The molecule has 0 saturated heterocycles. The Morgan fingerprint density at radius 1 is 1.23 bits per heavy atom. The summed E-state index contributed by atoms with van der Waals surface area (Å²) in [6.07, 6.45) is 3.20. The van der Waals surface area contributed by atoms with Crippen molar-refractivity contribution in [3.05, 3.63) is 58.9 Å². The molecule has 4 rings (SSSR count). The van der Waals surface area contributed by atoms with E-state index in [-0.39, 0.29) is 17.2 Å². The summed E-state index contributed by atoms with van der Waals surface area (Å²) in [6.45, 7) is 0. The van der Waals surface area contributed by atoms with Gasteiger partial charge in [0.05, 0.1) is 35.5 Å². The first-order valence-electron chi connectivity index (χ1n) is 10.1. The average Bonchev–Trinajstić information content (AvgIpc) is 3.26. The van der Waals surface area contributed by atoms with Crippen molar-refractivity contribution in [1.29, 1.82) is 5.26 Å². The number of nitrogens with one attached hydrogen (secondary N) is 1. The SMILES string of the molecule is COc1ccccc1-n1c(SCC(=O)NC2(C#N)CCCC2)nc2ccccc2c1=O. The van der Waals surface area contributed by atoms with E-state index in [1.807, 2.05) is 18.2 Å². The van der Waals surface area contributed by atoms with Crippen LogP contribution in [0.1, 0.15) is 25.7 Å². The third-order valence-electron chi connectivity index (χ3n) is 5.45. The topological polar surface area (TPSA) is 97.0 Å². The van der Waals surface area contributed by atoms with Gasteiger partial charge in [-0.3, -0.25) is 14.2 Å². The summed E-state index contributed by atoms with van der Waals surface area (Å²) in [4.78, 5) is 30.6. The lowest BCUT2D eigenvalue weighted by Gasteiger charge is -2.22. The minimum Gasteiger partial charge on any atom is -0.495 e. The van der Waals surface area contributed by atoms with Gasteiger partial charge in [0.1, 0.15) is 11.3 Å². The number of aromatic nitrogens is 2. The smallest absolute Gasteiger partial charge is 0.266 e. The number of carbonyl (C=O) groups is 1. The monoisotopic (exact) mass is 434 g/mol. The first-order chi connectivity index (χ1) is 15.1. The maximum Gasteiger partial charge on any atom is 0.266 e. The average molecular weight is 435 g/mol. The van der Waals surface area contributed by atoms with Gasteiger partial charge in [-0.05, 0) is 49.9 Å². The highest BCUT2D eigenvalue weighted by Crippen LogP contribution is 2.30. The van der Waals surface area contributed by atoms with Crippen molar-refractivity contribution in [2.24, 2.45) is 0 Å². The van der Waals surface area contributed by atoms with Crippen molar-refractivity contribution >= 4 is 28.6 Å². The number of nitriles is 1. The van der Waals surface area contributed by atoms with E-state index in [1.165, 1.54) is 16.3 Å². The number of carbonyl (C=O) groups excluding carboxylic acids is 1. The number of methoxy groups -OCH3 is 1. The predicted octanol–water partition coefficient (Wildman–Crippen LogP) is 3.44. The second-order valence-electron chi connectivity index (χ2n) is 7.46. The molecule has 1 amide bonds. The minimum atomic E-state index is -0.781. The maximum atomic E-state index is 13.3. The summed E-state index contributed by atoms with van der Waals surface area (Å²) in [5.41, 5.74) is 0.102. The Hall–Kier alpha value is -3.31. The standard InChI is InChI=1S/C23H22N4O3S/c1-30-19-11-5-4-10-18(19)27-21(29)16-8-2-3-9-17(16)25-22(27)31-14-20(28)26-23(15-24)12-6-7-13-23/h2-5,8-11H,6-7,12-14H2,1H3,(H,26,28). The molecule has 1 aliphatic carbocycles. The highest BCUT2D eigenvalue weighted by atomic mass is 32.2. The molecule has 3 aromatic rings. The first kappa shape index (κ1) is 20.9. The van der Waals surface area contributed by atoms with E-state index in [2.05, 4.69) is 16.4 Å². The summed E-state index contributed by atoms with van der Waals surface area (Å²) in [5.74, 6) is 0.327. The number of hydrogen-bond acceptors (Lipinski definition) is 6. The molecular weight excluding hydrogens is 412 g/mol. The molecule has 8 heteroatoms. The number of rotatable bonds is 6. The Labute approximate surface area is 184 Å². The Kier molecular flexibility index (Phi) is 5.96. The van der Waals surface area contributed by atoms with Gasteiger partial charge in [-0.25, -0.2) is 4.98 Å². The molecule has 1 aromatic heterocycles. The molecule has 1 heterocycles. The number of fused-ring (bicyclic) bond motifs is 1. The lowest BCUT2D eigenvalue weighted by Crippen LogP contribution is -2.45. The molecule has 158 valence electrons. The molecular formula is C23H22N4O3S.